The molecule has 9 aromatic rings. The fourth-order valence-electron chi connectivity index (χ4n) is 8.12. The van der Waals surface area contributed by atoms with Crippen LogP contribution in [0.15, 0.2) is 163 Å². The zero-order chi connectivity index (χ0) is 31.3. The van der Waals surface area contributed by atoms with Crippen molar-refractivity contribution in [2.45, 2.75) is 6.17 Å². The topological polar surface area (TPSA) is 34.2 Å². The Morgan fingerprint density at radius 1 is 0.479 bits per heavy atom. The van der Waals surface area contributed by atoms with E-state index in [1.807, 2.05) is 0 Å². The SMILES string of the molecule is c1ccc(-c2ccc3c(c2)c2cc(-c4ccc5c(c4)c4ccccc4n5-c4ccccc4)cc4c2n3C2Nc3ccccc3N=C42)cc1. The first kappa shape index (κ1) is 25.8. The van der Waals surface area contributed by atoms with Crippen molar-refractivity contribution in [3.05, 3.63) is 163 Å². The fraction of sp³-hybridized carbons (Fsp3) is 0.0227. The summed E-state index contributed by atoms with van der Waals surface area (Å²) in [6, 6.07) is 57.0. The smallest absolute Gasteiger partial charge is 0.148 e. The molecule has 7 aromatic carbocycles. The number of anilines is 1. The molecule has 0 bridgehead atoms. The van der Waals surface area contributed by atoms with Gasteiger partial charge in [0.05, 0.1) is 39.2 Å². The van der Waals surface area contributed by atoms with E-state index in [4.69, 9.17) is 4.99 Å². The minimum Gasteiger partial charge on any atom is -0.358 e. The minimum atomic E-state index is -0.0703. The standard InChI is InChI=1S/C44H28N4/c1-3-11-27(12-4-1)28-19-22-41-34(23-28)35-25-30(26-36-42-44(48(41)43(35)36)46-38-17-9-8-16-37(38)45-42)29-20-21-40-33(24-29)32-15-7-10-18-39(32)47(40)31-13-5-2-6-14-31/h1-26,44,46H. The van der Waals surface area contributed by atoms with Gasteiger partial charge in [-0.05, 0) is 89.0 Å². The monoisotopic (exact) mass is 612 g/mol. The van der Waals surface area contributed by atoms with Gasteiger partial charge in [-0.1, -0.05) is 91.0 Å². The van der Waals surface area contributed by atoms with Crippen LogP contribution in [-0.4, -0.2) is 14.8 Å². The molecule has 4 nitrogen and oxygen atoms in total. The summed E-state index contributed by atoms with van der Waals surface area (Å²) < 4.78 is 4.84. The van der Waals surface area contributed by atoms with Gasteiger partial charge in [0.1, 0.15) is 6.17 Å². The van der Waals surface area contributed by atoms with Crippen LogP contribution in [0.2, 0.25) is 0 Å². The largest absolute Gasteiger partial charge is 0.358 e. The summed E-state index contributed by atoms with van der Waals surface area (Å²) in [4.78, 5) is 5.28. The van der Waals surface area contributed by atoms with E-state index >= 15 is 0 Å². The summed E-state index contributed by atoms with van der Waals surface area (Å²) in [6.45, 7) is 0. The maximum Gasteiger partial charge on any atom is 0.148 e. The van der Waals surface area contributed by atoms with Gasteiger partial charge in [-0.15, -0.1) is 0 Å². The first-order chi connectivity index (χ1) is 23.8. The Hall–Kier alpha value is -6.39. The number of hydrogen-bond acceptors (Lipinski definition) is 2. The van der Waals surface area contributed by atoms with Crippen molar-refractivity contribution >= 4 is 60.7 Å². The van der Waals surface area contributed by atoms with E-state index in [2.05, 4.69) is 172 Å². The predicted octanol–water partition coefficient (Wildman–Crippen LogP) is 11.3. The van der Waals surface area contributed by atoms with E-state index in [0.717, 1.165) is 17.1 Å². The highest BCUT2D eigenvalue weighted by molar-refractivity contribution is 6.26. The van der Waals surface area contributed by atoms with Crippen LogP contribution in [-0.2, 0) is 0 Å². The zero-order valence-electron chi connectivity index (χ0n) is 25.9. The van der Waals surface area contributed by atoms with Gasteiger partial charge in [0.15, 0.2) is 0 Å². The van der Waals surface area contributed by atoms with Crippen molar-refractivity contribution in [2.75, 3.05) is 5.32 Å². The molecule has 1 N–H and O–H groups in total. The highest BCUT2D eigenvalue weighted by Gasteiger charge is 2.36. The number of hydrogen-bond donors (Lipinski definition) is 1. The van der Waals surface area contributed by atoms with Crippen LogP contribution in [0.1, 0.15) is 11.7 Å². The van der Waals surface area contributed by atoms with Gasteiger partial charge < -0.3 is 14.5 Å². The van der Waals surface area contributed by atoms with Gasteiger partial charge in [-0.2, -0.15) is 0 Å². The summed E-state index contributed by atoms with van der Waals surface area (Å²) in [5.74, 6) is 0. The second-order valence-electron chi connectivity index (χ2n) is 12.9. The molecule has 2 aromatic heterocycles. The number of nitrogens with one attached hydrogen (secondary N) is 1. The molecule has 4 heteroatoms. The predicted molar refractivity (Wildman–Crippen MR) is 200 cm³/mol. The third-order valence-corrected chi connectivity index (χ3v) is 10.3. The van der Waals surface area contributed by atoms with Gasteiger partial charge >= 0.3 is 0 Å². The van der Waals surface area contributed by atoms with Gasteiger partial charge in [0.25, 0.3) is 0 Å². The third-order valence-electron chi connectivity index (χ3n) is 10.3. The molecule has 0 saturated heterocycles. The van der Waals surface area contributed by atoms with Crippen LogP contribution in [0.4, 0.5) is 11.4 Å². The average molecular weight is 613 g/mol. The molecule has 1 unspecified atom stereocenters. The molecule has 4 heterocycles. The summed E-state index contributed by atoms with van der Waals surface area (Å²) >= 11 is 0. The Morgan fingerprint density at radius 3 is 1.98 bits per heavy atom. The molecule has 11 rings (SSSR count). The van der Waals surface area contributed by atoms with Gasteiger partial charge in [-0.3, -0.25) is 0 Å². The lowest BCUT2D eigenvalue weighted by molar-refractivity contribution is 0.779. The maximum atomic E-state index is 5.28. The molecule has 224 valence electrons. The molecule has 0 aliphatic carbocycles. The number of rotatable bonds is 3. The van der Waals surface area contributed by atoms with Gasteiger partial charge in [0.2, 0.25) is 0 Å². The van der Waals surface area contributed by atoms with E-state index in [1.165, 1.54) is 77.1 Å². The Morgan fingerprint density at radius 2 is 1.12 bits per heavy atom. The van der Waals surface area contributed by atoms with E-state index in [9.17, 15) is 0 Å². The first-order valence-electron chi connectivity index (χ1n) is 16.5. The lowest BCUT2D eigenvalue weighted by Gasteiger charge is -2.25. The zero-order valence-corrected chi connectivity index (χ0v) is 25.9. The Labute approximate surface area is 276 Å². The summed E-state index contributed by atoms with van der Waals surface area (Å²) in [7, 11) is 0. The van der Waals surface area contributed by atoms with Crippen molar-refractivity contribution < 1.29 is 0 Å². The average Bonchev–Trinajstić information content (AvgIpc) is 3.78. The normalized spacial score (nSPS) is 14.8. The van der Waals surface area contributed by atoms with E-state index in [0.29, 0.717) is 0 Å². The van der Waals surface area contributed by atoms with Gasteiger partial charge in [0, 0.05) is 32.8 Å². The van der Waals surface area contributed by atoms with Crippen molar-refractivity contribution in [3.8, 4) is 27.9 Å². The molecule has 0 radical (unpaired) electrons. The number of fused-ring (bicyclic) bond motifs is 10. The summed E-state index contributed by atoms with van der Waals surface area (Å²) in [5.41, 5.74) is 15.2. The number of benzene rings is 7. The molecule has 0 fully saturated rings. The van der Waals surface area contributed by atoms with Crippen molar-refractivity contribution in [1.82, 2.24) is 9.13 Å². The molecular weight excluding hydrogens is 585 g/mol. The van der Waals surface area contributed by atoms with Crippen LogP contribution in [0, 0.1) is 0 Å². The second kappa shape index (κ2) is 9.57. The number of para-hydroxylation sites is 4. The fourth-order valence-corrected chi connectivity index (χ4v) is 8.12. The van der Waals surface area contributed by atoms with Crippen molar-refractivity contribution in [1.29, 1.82) is 0 Å². The molecule has 0 saturated carbocycles. The number of nitrogens with zero attached hydrogens (tertiary/aromatic N) is 3. The molecule has 48 heavy (non-hydrogen) atoms. The lowest BCUT2D eigenvalue weighted by atomic mass is 9.95. The summed E-state index contributed by atoms with van der Waals surface area (Å²) in [6.07, 6.45) is -0.0703. The third kappa shape index (κ3) is 3.52. The van der Waals surface area contributed by atoms with E-state index < -0.39 is 0 Å². The van der Waals surface area contributed by atoms with Crippen LogP contribution < -0.4 is 5.32 Å². The molecular formula is C44H28N4. The van der Waals surface area contributed by atoms with Crippen LogP contribution in [0.3, 0.4) is 0 Å². The Bertz CT molecular complexity index is 2800. The highest BCUT2D eigenvalue weighted by atomic mass is 15.2. The van der Waals surface area contributed by atoms with Crippen LogP contribution in [0.5, 0.6) is 0 Å². The Balaban J connectivity index is 1.19. The Kier molecular flexibility index (Phi) is 5.13. The molecule has 0 spiro atoms. The highest BCUT2D eigenvalue weighted by Crippen LogP contribution is 2.47. The van der Waals surface area contributed by atoms with Crippen molar-refractivity contribution in [2.24, 2.45) is 4.99 Å². The van der Waals surface area contributed by atoms with Gasteiger partial charge in [-0.25, -0.2) is 4.99 Å². The lowest BCUT2D eigenvalue weighted by Crippen LogP contribution is -2.24. The quantitative estimate of drug-likeness (QED) is 0.212. The molecule has 2 aliphatic heterocycles. The molecule has 0 amide bonds. The summed E-state index contributed by atoms with van der Waals surface area (Å²) in [5, 5.41) is 8.86. The number of aliphatic imine (C=N–C) groups is 1. The first-order valence-corrected chi connectivity index (χ1v) is 16.5. The van der Waals surface area contributed by atoms with E-state index in [-0.39, 0.29) is 6.17 Å². The second-order valence-corrected chi connectivity index (χ2v) is 12.9. The van der Waals surface area contributed by atoms with Crippen LogP contribution in [0.25, 0.3) is 71.6 Å². The maximum absolute atomic E-state index is 5.28. The van der Waals surface area contributed by atoms with E-state index in [1.54, 1.807) is 0 Å². The molecule has 2 aliphatic rings. The van der Waals surface area contributed by atoms with Crippen molar-refractivity contribution in [3.63, 3.8) is 0 Å². The molecule has 1 atom stereocenters. The minimum absolute atomic E-state index is 0.0703. The number of aromatic nitrogens is 2. The van der Waals surface area contributed by atoms with Crippen LogP contribution >= 0.6 is 0 Å².